The van der Waals surface area contributed by atoms with Gasteiger partial charge < -0.3 is 0 Å². The zero-order valence-electron chi connectivity index (χ0n) is 4.57. The molecular formula is As2MoO8-6. The Kier molecular flexibility index (Phi) is 10.9. The van der Waals surface area contributed by atoms with Crippen LogP contribution in [-0.4, -0.2) is 29.0 Å². The molecule has 0 atom stereocenters. The molecule has 0 aliphatic carbocycles. The zero-order valence-corrected chi connectivity index (χ0v) is 10.3. The van der Waals surface area contributed by atoms with Gasteiger partial charge in [0.15, 0.2) is 0 Å². The summed E-state index contributed by atoms with van der Waals surface area (Å²) in [5.74, 6) is 0. The van der Waals surface area contributed by atoms with Gasteiger partial charge in [-0.25, -0.2) is 0 Å². The van der Waals surface area contributed by atoms with Crippen molar-refractivity contribution < 1.29 is 53.1 Å². The molecule has 0 rings (SSSR count). The van der Waals surface area contributed by atoms with Crippen molar-refractivity contribution in [3.8, 4) is 0 Å². The number of hydrogen-bond donors (Lipinski definition) is 0. The van der Waals surface area contributed by atoms with Crippen molar-refractivity contribution in [2.24, 2.45) is 0 Å². The first-order valence-corrected chi connectivity index (χ1v) is 7.59. The fourth-order valence-corrected chi connectivity index (χ4v) is 0. The molecule has 11 heavy (non-hydrogen) atoms. The van der Waals surface area contributed by atoms with Crippen molar-refractivity contribution in [2.45, 2.75) is 0 Å². The Bertz CT molecular complexity index is 124. The molecule has 0 N–H and O–H groups in total. The van der Waals surface area contributed by atoms with Gasteiger partial charge in [0, 0.05) is 21.1 Å². The van der Waals surface area contributed by atoms with Crippen LogP contribution in [0.5, 0.6) is 0 Å². The summed E-state index contributed by atoms with van der Waals surface area (Å²) < 4.78 is 68.9. The third-order valence-electron chi connectivity index (χ3n) is 0. The smallest absolute Gasteiger partial charge is 0 e. The van der Waals surface area contributed by atoms with Crippen LogP contribution in [0.25, 0.3) is 0 Å². The first kappa shape index (κ1) is 18.1. The van der Waals surface area contributed by atoms with E-state index in [1.54, 1.807) is 0 Å². The SMILES string of the molecule is O=[As]([O-])([O-])[O-].O=[As]([O-])([O-])[O-].[Mo]. The standard InChI is InChI=1S/2AsH3O4.Mo/c2*2-1(3,4)5;/h2*(H3,2,3,4,5);/p-6. The Hall–Kier alpha value is 1.17. The number of hydrogen-bond acceptors (Lipinski definition) is 8. The molecule has 0 aromatic heterocycles. The van der Waals surface area contributed by atoms with Crippen molar-refractivity contribution in [2.75, 3.05) is 0 Å². The third-order valence-corrected chi connectivity index (χ3v) is 0. The maximum atomic E-state index is 8.61. The van der Waals surface area contributed by atoms with Gasteiger partial charge in [-0.05, 0) is 0 Å². The van der Waals surface area contributed by atoms with Crippen LogP contribution in [0.2, 0.25) is 0 Å². The summed E-state index contributed by atoms with van der Waals surface area (Å²) in [4.78, 5) is 0. The van der Waals surface area contributed by atoms with Crippen LogP contribution < -0.4 is 24.6 Å². The molecule has 0 amide bonds. The van der Waals surface area contributed by atoms with Gasteiger partial charge in [0.1, 0.15) is 0 Å². The van der Waals surface area contributed by atoms with Crippen molar-refractivity contribution >= 4 is 29.0 Å². The quantitative estimate of drug-likeness (QED) is 0.376. The van der Waals surface area contributed by atoms with Crippen molar-refractivity contribution in [3.05, 3.63) is 0 Å². The summed E-state index contributed by atoms with van der Waals surface area (Å²) in [5.41, 5.74) is 0. The average Bonchev–Trinajstić information content (AvgIpc) is 1.12. The Morgan fingerprint density at radius 3 is 0.636 bits per heavy atom. The molecule has 0 bridgehead atoms. The summed E-state index contributed by atoms with van der Waals surface area (Å²) in [6.45, 7) is 0. The van der Waals surface area contributed by atoms with E-state index in [1.165, 1.54) is 0 Å². The van der Waals surface area contributed by atoms with Gasteiger partial charge in [-0.1, -0.05) is 0 Å². The van der Waals surface area contributed by atoms with Crippen LogP contribution in [0.4, 0.5) is 0 Å². The summed E-state index contributed by atoms with van der Waals surface area (Å²) >= 11 is -11.8. The van der Waals surface area contributed by atoms with Gasteiger partial charge in [-0.15, -0.1) is 0 Å². The van der Waals surface area contributed by atoms with E-state index in [4.69, 9.17) is 32.1 Å². The molecule has 0 radical (unpaired) electrons. The fraction of sp³-hybridized carbons (Fsp3) is 0. The fourth-order valence-electron chi connectivity index (χ4n) is 0. The topological polar surface area (TPSA) is 172 Å². The first-order valence-electron chi connectivity index (χ1n) is 1.46. The molecular weight excluding hydrogens is 374 g/mol. The van der Waals surface area contributed by atoms with E-state index < -0.39 is 29.0 Å². The van der Waals surface area contributed by atoms with Gasteiger partial charge in [-0.2, -0.15) is 0 Å². The van der Waals surface area contributed by atoms with Crippen molar-refractivity contribution in [1.82, 2.24) is 0 Å². The number of rotatable bonds is 0. The van der Waals surface area contributed by atoms with E-state index in [-0.39, 0.29) is 21.1 Å². The van der Waals surface area contributed by atoms with Crippen LogP contribution in [0.1, 0.15) is 0 Å². The van der Waals surface area contributed by atoms with Gasteiger partial charge >= 0.3 is 61.1 Å². The summed E-state index contributed by atoms with van der Waals surface area (Å²) in [7, 11) is 0. The van der Waals surface area contributed by atoms with E-state index in [2.05, 4.69) is 0 Å². The second-order valence-corrected chi connectivity index (χ2v) is 4.65. The maximum Gasteiger partial charge on any atom is 0 e. The Labute approximate surface area is 81.8 Å². The minimum Gasteiger partial charge on any atom is 0 e. The zero-order chi connectivity index (χ0) is 9.00. The molecule has 0 fully saturated rings. The summed E-state index contributed by atoms with van der Waals surface area (Å²) in [5, 5.41) is 0. The van der Waals surface area contributed by atoms with Gasteiger partial charge in [-0.3, -0.25) is 0 Å². The molecule has 0 saturated carbocycles. The van der Waals surface area contributed by atoms with Crippen LogP contribution in [0, 0.1) is 0 Å². The molecule has 0 heterocycles. The normalized spacial score (nSPS) is 10.7. The Morgan fingerprint density at radius 2 is 0.636 bits per heavy atom. The molecule has 70 valence electrons. The van der Waals surface area contributed by atoms with Crippen LogP contribution in [0.3, 0.4) is 0 Å². The third kappa shape index (κ3) is 691. The molecule has 8 nitrogen and oxygen atoms in total. The van der Waals surface area contributed by atoms with Crippen molar-refractivity contribution in [3.63, 3.8) is 0 Å². The van der Waals surface area contributed by atoms with E-state index in [0.29, 0.717) is 0 Å². The molecule has 0 saturated heterocycles. The molecule has 0 aliphatic heterocycles. The second-order valence-electron chi connectivity index (χ2n) is 0.894. The summed E-state index contributed by atoms with van der Waals surface area (Å²) in [6, 6.07) is 0. The summed E-state index contributed by atoms with van der Waals surface area (Å²) in [6.07, 6.45) is 0. The second kappa shape index (κ2) is 6.66. The average molecular weight is 374 g/mol. The molecule has 0 spiro atoms. The molecule has 0 aromatic carbocycles. The minimum absolute atomic E-state index is 0. The minimum atomic E-state index is -5.88. The molecule has 0 aromatic rings. The molecule has 11 heteroatoms. The Morgan fingerprint density at radius 1 is 0.636 bits per heavy atom. The first-order chi connectivity index (χ1) is 4.00. The predicted molar refractivity (Wildman–Crippen MR) is 12.9 cm³/mol. The predicted octanol–water partition coefficient (Wildman–Crippen LogP) is -8.14. The van der Waals surface area contributed by atoms with Crippen LogP contribution in [-0.2, 0) is 28.5 Å². The van der Waals surface area contributed by atoms with Gasteiger partial charge in [0.25, 0.3) is 0 Å². The van der Waals surface area contributed by atoms with E-state index in [0.717, 1.165) is 0 Å². The Balaban J connectivity index is -0.000000107. The molecule has 0 aliphatic rings. The van der Waals surface area contributed by atoms with Gasteiger partial charge in [0.05, 0.1) is 0 Å². The largest absolute Gasteiger partial charge is 0 e. The van der Waals surface area contributed by atoms with Gasteiger partial charge in [0.2, 0.25) is 0 Å². The molecule has 0 unspecified atom stereocenters. The van der Waals surface area contributed by atoms with E-state index >= 15 is 0 Å². The van der Waals surface area contributed by atoms with Crippen molar-refractivity contribution in [1.29, 1.82) is 0 Å². The van der Waals surface area contributed by atoms with Crippen LogP contribution in [0.15, 0.2) is 0 Å². The van der Waals surface area contributed by atoms with E-state index in [9.17, 15) is 0 Å². The monoisotopic (exact) mass is 376 g/mol. The maximum absolute atomic E-state index is 8.61. The van der Waals surface area contributed by atoms with Crippen LogP contribution >= 0.6 is 0 Å². The van der Waals surface area contributed by atoms with E-state index in [1.807, 2.05) is 0 Å².